The Kier molecular flexibility index (Phi) is 8.75. The number of benzene rings is 3. The molecule has 2 aliphatic rings. The fourth-order valence-electron chi connectivity index (χ4n) is 4.45. The van der Waals surface area contributed by atoms with Gasteiger partial charge in [-0.05, 0) is 66.4 Å². The Morgan fingerprint density at radius 2 is 1.36 bits per heavy atom. The van der Waals surface area contributed by atoms with E-state index in [9.17, 15) is 9.59 Å². The van der Waals surface area contributed by atoms with Crippen LogP contribution in [0.2, 0.25) is 0 Å². The summed E-state index contributed by atoms with van der Waals surface area (Å²) < 4.78 is 19.9. The zero-order chi connectivity index (χ0) is 29.5. The lowest BCUT2D eigenvalue weighted by molar-refractivity contribution is 0.103. The normalized spacial score (nSPS) is 17.5. The minimum absolute atomic E-state index is 0.242. The van der Waals surface area contributed by atoms with Crippen molar-refractivity contribution >= 4 is 23.7 Å². The molecular weight excluding hydrogens is 540 g/mol. The van der Waals surface area contributed by atoms with Crippen LogP contribution >= 0.6 is 0 Å². The van der Waals surface area contributed by atoms with E-state index in [1.807, 2.05) is 54.9 Å². The van der Waals surface area contributed by atoms with Crippen molar-refractivity contribution < 1.29 is 28.5 Å². The predicted octanol–water partition coefficient (Wildman–Crippen LogP) is 4.23. The second kappa shape index (κ2) is 13.0. The summed E-state index contributed by atoms with van der Waals surface area (Å²) in [5, 5.41) is 8.55. The highest BCUT2D eigenvalue weighted by Crippen LogP contribution is 2.30. The van der Waals surface area contributed by atoms with Gasteiger partial charge in [0.25, 0.3) is 0 Å². The monoisotopic (exact) mass is 572 g/mol. The van der Waals surface area contributed by atoms with Crippen LogP contribution in [0.4, 0.5) is 9.59 Å². The highest BCUT2D eigenvalue weighted by molar-refractivity contribution is 5.72. The first-order valence-electron chi connectivity index (χ1n) is 13.4. The summed E-state index contributed by atoms with van der Waals surface area (Å²) in [7, 11) is 0. The largest absolute Gasteiger partial charge is 0.513 e. The average Bonchev–Trinajstić information content (AvgIpc) is 3.40. The summed E-state index contributed by atoms with van der Waals surface area (Å²) in [5.41, 5.74) is 11.8. The second-order valence-electron chi connectivity index (χ2n) is 9.25. The molecule has 2 atom stereocenters. The smallest absolute Gasteiger partial charge is 0.434 e. The third-order valence-electron chi connectivity index (χ3n) is 6.43. The summed E-state index contributed by atoms with van der Waals surface area (Å²) in [5.74, 6) is 7.11. The number of nitrogens with one attached hydrogen (secondary N) is 4. The van der Waals surface area contributed by atoms with Crippen LogP contribution in [0.15, 0.2) is 85.2 Å². The molecule has 0 amide bonds. The number of nitrogens with zero attached hydrogens (tertiary/aromatic N) is 1. The van der Waals surface area contributed by atoms with Crippen molar-refractivity contribution in [1.29, 1.82) is 0 Å². The molecule has 2 aliphatic heterocycles. The topological polar surface area (TPSA) is 148 Å². The zero-order valence-corrected chi connectivity index (χ0v) is 23.1. The Labute approximate surface area is 243 Å². The van der Waals surface area contributed by atoms with Crippen molar-refractivity contribution in [2.45, 2.75) is 26.2 Å². The van der Waals surface area contributed by atoms with Gasteiger partial charge in [0.15, 0.2) is 0 Å². The molecule has 12 heteroatoms. The third kappa shape index (κ3) is 6.74. The van der Waals surface area contributed by atoms with Gasteiger partial charge in [0.1, 0.15) is 23.8 Å². The van der Waals surface area contributed by atoms with Crippen molar-refractivity contribution in [1.82, 2.24) is 26.5 Å². The molecule has 0 saturated carbocycles. The van der Waals surface area contributed by atoms with E-state index in [1.54, 1.807) is 43.1 Å². The molecule has 0 radical (unpaired) electrons. The van der Waals surface area contributed by atoms with Crippen LogP contribution in [0.3, 0.4) is 0 Å². The van der Waals surface area contributed by atoms with Gasteiger partial charge in [0.05, 0.1) is 24.6 Å². The van der Waals surface area contributed by atoms with Gasteiger partial charge in [-0.15, -0.1) is 0 Å². The molecule has 42 heavy (non-hydrogen) atoms. The van der Waals surface area contributed by atoms with Gasteiger partial charge in [-0.3, -0.25) is 5.01 Å². The Morgan fingerprint density at radius 3 is 1.95 bits per heavy atom. The molecule has 0 aliphatic carbocycles. The third-order valence-corrected chi connectivity index (χ3v) is 6.43. The fraction of sp³-hybridized carbons (Fsp3) is 0.200. The van der Waals surface area contributed by atoms with E-state index < -0.39 is 12.3 Å². The molecule has 2 unspecified atom stereocenters. The number of carbonyl (C=O) groups is 2. The lowest BCUT2D eigenvalue weighted by Crippen LogP contribution is -2.44. The van der Waals surface area contributed by atoms with Gasteiger partial charge >= 0.3 is 12.3 Å². The number of nitrogens with two attached hydrogens (primary N) is 1. The number of hydrogen-bond acceptors (Lipinski definition) is 12. The highest BCUT2D eigenvalue weighted by atomic mass is 16.7. The minimum atomic E-state index is -0.744. The van der Waals surface area contributed by atoms with E-state index in [2.05, 4.69) is 27.6 Å². The molecule has 0 bridgehead atoms. The van der Waals surface area contributed by atoms with E-state index in [1.165, 1.54) is 0 Å². The van der Waals surface area contributed by atoms with Crippen LogP contribution in [-0.4, -0.2) is 30.5 Å². The van der Waals surface area contributed by atoms with E-state index in [-0.39, 0.29) is 25.5 Å². The molecule has 2 heterocycles. The van der Waals surface area contributed by atoms with Crippen LogP contribution in [0.1, 0.15) is 48.4 Å². The summed E-state index contributed by atoms with van der Waals surface area (Å²) in [6.45, 7) is 3.92. The van der Waals surface area contributed by atoms with Gasteiger partial charge in [0, 0.05) is 12.4 Å². The summed E-state index contributed by atoms with van der Waals surface area (Å²) in [6.07, 6.45) is 1.67. The Bertz CT molecular complexity index is 1460. The summed E-state index contributed by atoms with van der Waals surface area (Å²) in [6, 6.07) is 22.3. The standard InChI is InChI=1S/C30H32N6O6/c1-3-39-29(37)41-23-12-8-19(9-13-23)27-33-25(17-32-35-27)21-6-5-7-22(16-21)26-18-36(31)28(34-26)20-10-14-24(15-11-20)42-30(38)40-4-2/h5-18,27-28,32-35H,3-4,31H2,1-2H3. The number of carbonyl (C=O) groups excluding carboxylic acids is 2. The molecule has 0 fully saturated rings. The van der Waals surface area contributed by atoms with E-state index in [4.69, 9.17) is 24.8 Å². The number of hydrazine groups is 2. The van der Waals surface area contributed by atoms with E-state index in [0.717, 1.165) is 33.6 Å². The number of hydrogen-bond donors (Lipinski definition) is 5. The lowest BCUT2D eigenvalue weighted by Gasteiger charge is -2.28. The highest BCUT2D eigenvalue weighted by Gasteiger charge is 2.25. The molecule has 218 valence electrons. The Balaban J connectivity index is 1.23. The van der Waals surface area contributed by atoms with Crippen molar-refractivity contribution in [3.8, 4) is 11.5 Å². The first-order valence-corrected chi connectivity index (χ1v) is 13.4. The number of rotatable bonds is 8. The van der Waals surface area contributed by atoms with Crippen LogP contribution < -0.4 is 36.8 Å². The summed E-state index contributed by atoms with van der Waals surface area (Å²) in [4.78, 5) is 23.1. The van der Waals surface area contributed by atoms with Crippen LogP contribution in [0.25, 0.3) is 11.4 Å². The van der Waals surface area contributed by atoms with Gasteiger partial charge < -0.3 is 35.0 Å². The molecule has 3 aromatic rings. The van der Waals surface area contributed by atoms with Gasteiger partial charge in [-0.2, -0.15) is 0 Å². The lowest BCUT2D eigenvalue weighted by atomic mass is 10.0. The van der Waals surface area contributed by atoms with Crippen LogP contribution in [0, 0.1) is 0 Å². The van der Waals surface area contributed by atoms with E-state index >= 15 is 0 Å². The van der Waals surface area contributed by atoms with Gasteiger partial charge in [-0.1, -0.05) is 42.5 Å². The van der Waals surface area contributed by atoms with Crippen molar-refractivity contribution in [2.24, 2.45) is 5.84 Å². The SMILES string of the molecule is CCOC(=O)Oc1ccc(C2NNC=C(c3cccc(C4=CN(N)C(c5ccc(OC(=O)OCC)cc5)N4)c3)N2)cc1. The molecule has 12 nitrogen and oxygen atoms in total. The number of ether oxygens (including phenoxy) is 4. The first kappa shape index (κ1) is 28.3. The van der Waals surface area contributed by atoms with E-state index in [0.29, 0.717) is 11.5 Å². The fourth-order valence-corrected chi connectivity index (χ4v) is 4.45. The van der Waals surface area contributed by atoms with Gasteiger partial charge in [0.2, 0.25) is 0 Å². The second-order valence-corrected chi connectivity index (χ2v) is 9.25. The first-order chi connectivity index (χ1) is 20.4. The van der Waals surface area contributed by atoms with Crippen molar-refractivity contribution in [3.63, 3.8) is 0 Å². The van der Waals surface area contributed by atoms with Crippen molar-refractivity contribution in [2.75, 3.05) is 13.2 Å². The molecule has 6 N–H and O–H groups in total. The minimum Gasteiger partial charge on any atom is -0.434 e. The molecule has 0 saturated heterocycles. The Morgan fingerprint density at radius 1 is 0.786 bits per heavy atom. The maximum Gasteiger partial charge on any atom is 0.513 e. The van der Waals surface area contributed by atoms with Crippen LogP contribution in [0.5, 0.6) is 11.5 Å². The van der Waals surface area contributed by atoms with Crippen LogP contribution in [-0.2, 0) is 9.47 Å². The molecule has 5 rings (SSSR count). The molecular formula is C30H32N6O6. The van der Waals surface area contributed by atoms with Gasteiger partial charge in [-0.25, -0.2) is 20.9 Å². The average molecular weight is 573 g/mol. The Hall–Kier alpha value is -5.20. The summed E-state index contributed by atoms with van der Waals surface area (Å²) >= 11 is 0. The molecule has 0 spiro atoms. The maximum atomic E-state index is 11.6. The quantitative estimate of drug-likeness (QED) is 0.149. The van der Waals surface area contributed by atoms with Crippen molar-refractivity contribution in [3.05, 3.63) is 107 Å². The predicted molar refractivity (Wildman–Crippen MR) is 155 cm³/mol. The maximum absolute atomic E-state index is 11.6. The zero-order valence-electron chi connectivity index (χ0n) is 23.1. The molecule has 3 aromatic carbocycles. The molecule has 0 aromatic heterocycles.